The van der Waals surface area contributed by atoms with Crippen molar-refractivity contribution in [1.82, 2.24) is 5.32 Å². The first-order valence-corrected chi connectivity index (χ1v) is 7.66. The van der Waals surface area contributed by atoms with Crippen molar-refractivity contribution in [3.05, 3.63) is 0 Å². The molecule has 3 heteroatoms. The van der Waals surface area contributed by atoms with Gasteiger partial charge in [-0.25, -0.2) is 0 Å². The average Bonchev–Trinajstić information content (AvgIpc) is 2.75. The smallest absolute Gasteiger partial charge is 0.220 e. The molecule has 2 unspecified atom stereocenters. The fourth-order valence-electron chi connectivity index (χ4n) is 3.56. The Balaban J connectivity index is 1.65. The van der Waals surface area contributed by atoms with E-state index >= 15 is 0 Å². The highest BCUT2D eigenvalue weighted by molar-refractivity contribution is 5.76. The number of amides is 1. The van der Waals surface area contributed by atoms with Gasteiger partial charge in [-0.15, -0.1) is 0 Å². The number of carbonyl (C=O) groups excluding carboxylic acids is 1. The van der Waals surface area contributed by atoms with Gasteiger partial charge in [0.2, 0.25) is 5.91 Å². The highest BCUT2D eigenvalue weighted by atomic mass is 16.1. The van der Waals surface area contributed by atoms with Crippen LogP contribution in [0.15, 0.2) is 0 Å². The Hall–Kier alpha value is -0.570. The number of hydrogen-bond acceptors (Lipinski definition) is 2. The minimum atomic E-state index is 0.283. The third-order valence-electron chi connectivity index (χ3n) is 4.83. The number of nitrogens with two attached hydrogens (primary N) is 1. The van der Waals surface area contributed by atoms with Crippen LogP contribution in [-0.2, 0) is 4.79 Å². The quantitative estimate of drug-likeness (QED) is 0.807. The van der Waals surface area contributed by atoms with E-state index in [1.165, 1.54) is 44.9 Å². The van der Waals surface area contributed by atoms with Gasteiger partial charge >= 0.3 is 0 Å². The lowest BCUT2D eigenvalue weighted by Crippen LogP contribution is -2.34. The molecular formula is C15H28N2O. The maximum Gasteiger partial charge on any atom is 0.220 e. The van der Waals surface area contributed by atoms with Crippen molar-refractivity contribution in [2.45, 2.75) is 64.3 Å². The maximum absolute atomic E-state index is 12.0. The average molecular weight is 252 g/mol. The van der Waals surface area contributed by atoms with Crippen LogP contribution in [0.1, 0.15) is 58.3 Å². The normalized spacial score (nSPS) is 36.6. The molecule has 0 aliphatic heterocycles. The van der Waals surface area contributed by atoms with Crippen LogP contribution in [-0.4, -0.2) is 18.5 Å². The molecule has 3 N–H and O–H groups in total. The Kier molecular flexibility index (Phi) is 5.04. The molecule has 3 nitrogen and oxygen atoms in total. The van der Waals surface area contributed by atoms with Crippen molar-refractivity contribution in [2.75, 3.05) is 6.54 Å². The second-order valence-corrected chi connectivity index (χ2v) is 6.51. The first-order chi connectivity index (χ1) is 8.67. The number of carbonyl (C=O) groups is 1. The molecule has 2 rings (SSSR count). The van der Waals surface area contributed by atoms with Crippen LogP contribution in [0, 0.1) is 17.8 Å². The van der Waals surface area contributed by atoms with Crippen molar-refractivity contribution in [3.63, 3.8) is 0 Å². The molecule has 2 fully saturated rings. The molecule has 2 aliphatic rings. The summed E-state index contributed by atoms with van der Waals surface area (Å²) in [5, 5.41) is 3.22. The summed E-state index contributed by atoms with van der Waals surface area (Å²) >= 11 is 0. The predicted molar refractivity (Wildman–Crippen MR) is 74.1 cm³/mol. The van der Waals surface area contributed by atoms with Gasteiger partial charge in [-0.1, -0.05) is 6.92 Å². The van der Waals surface area contributed by atoms with E-state index in [2.05, 4.69) is 12.2 Å². The van der Waals surface area contributed by atoms with Crippen molar-refractivity contribution < 1.29 is 4.79 Å². The van der Waals surface area contributed by atoms with E-state index in [1.807, 2.05) is 0 Å². The molecule has 2 atom stereocenters. The second kappa shape index (κ2) is 6.55. The summed E-state index contributed by atoms with van der Waals surface area (Å²) in [6.07, 6.45) is 9.17. The molecule has 0 aromatic heterocycles. The monoisotopic (exact) mass is 252 g/mol. The molecule has 1 amide bonds. The molecule has 0 radical (unpaired) electrons. The molecule has 2 aliphatic carbocycles. The number of hydrogen-bond donors (Lipinski definition) is 2. The third kappa shape index (κ3) is 3.98. The van der Waals surface area contributed by atoms with Crippen LogP contribution in [0.2, 0.25) is 0 Å². The fourth-order valence-corrected chi connectivity index (χ4v) is 3.56. The Morgan fingerprint density at radius 1 is 1.11 bits per heavy atom. The minimum Gasteiger partial charge on any atom is -0.353 e. The Bertz CT molecular complexity index is 272. The molecular weight excluding hydrogens is 224 g/mol. The Labute approximate surface area is 111 Å². The van der Waals surface area contributed by atoms with Crippen LogP contribution < -0.4 is 11.1 Å². The molecule has 18 heavy (non-hydrogen) atoms. The number of rotatable bonds is 4. The van der Waals surface area contributed by atoms with Gasteiger partial charge in [0.1, 0.15) is 0 Å². The van der Waals surface area contributed by atoms with E-state index in [1.54, 1.807) is 0 Å². The standard InChI is InChI=1S/C15H28N2O/c1-11-2-7-14(8-11)17-15(18)9-12-3-5-13(10-16)6-4-12/h11-14H,2-10,16H2,1H3,(H,17,18). The molecule has 0 aromatic carbocycles. The lowest BCUT2D eigenvalue weighted by Gasteiger charge is -2.27. The van der Waals surface area contributed by atoms with E-state index in [-0.39, 0.29) is 5.91 Å². The maximum atomic E-state index is 12.0. The van der Waals surface area contributed by atoms with Crippen LogP contribution in [0.25, 0.3) is 0 Å². The van der Waals surface area contributed by atoms with Gasteiger partial charge in [-0.3, -0.25) is 4.79 Å². The molecule has 2 saturated carbocycles. The van der Waals surface area contributed by atoms with Crippen LogP contribution >= 0.6 is 0 Å². The summed E-state index contributed by atoms with van der Waals surface area (Å²) in [6.45, 7) is 3.10. The Morgan fingerprint density at radius 2 is 1.78 bits per heavy atom. The summed E-state index contributed by atoms with van der Waals surface area (Å²) in [6, 6.07) is 0.452. The summed E-state index contributed by atoms with van der Waals surface area (Å²) in [5.74, 6) is 2.38. The summed E-state index contributed by atoms with van der Waals surface area (Å²) in [7, 11) is 0. The van der Waals surface area contributed by atoms with E-state index in [4.69, 9.17) is 5.73 Å². The first kappa shape index (κ1) is 13.9. The molecule has 0 heterocycles. The highest BCUT2D eigenvalue weighted by Gasteiger charge is 2.25. The van der Waals surface area contributed by atoms with Gasteiger partial charge in [-0.2, -0.15) is 0 Å². The van der Waals surface area contributed by atoms with Crippen molar-refractivity contribution in [2.24, 2.45) is 23.5 Å². The SMILES string of the molecule is CC1CCC(NC(=O)CC2CCC(CN)CC2)C1. The third-order valence-corrected chi connectivity index (χ3v) is 4.83. The zero-order valence-corrected chi connectivity index (χ0v) is 11.7. The second-order valence-electron chi connectivity index (χ2n) is 6.51. The van der Waals surface area contributed by atoms with Crippen molar-refractivity contribution in [3.8, 4) is 0 Å². The Morgan fingerprint density at radius 3 is 2.33 bits per heavy atom. The van der Waals surface area contributed by atoms with Gasteiger partial charge in [0.05, 0.1) is 0 Å². The van der Waals surface area contributed by atoms with Crippen molar-refractivity contribution >= 4 is 5.91 Å². The minimum absolute atomic E-state index is 0.283. The van der Waals surface area contributed by atoms with Crippen LogP contribution in [0.3, 0.4) is 0 Å². The largest absolute Gasteiger partial charge is 0.353 e. The number of nitrogens with one attached hydrogen (secondary N) is 1. The van der Waals surface area contributed by atoms with E-state index < -0.39 is 0 Å². The predicted octanol–water partition coefficient (Wildman–Crippen LogP) is 2.45. The van der Waals surface area contributed by atoms with Crippen LogP contribution in [0.4, 0.5) is 0 Å². The van der Waals surface area contributed by atoms with E-state index in [0.29, 0.717) is 17.9 Å². The van der Waals surface area contributed by atoms with Gasteiger partial charge in [-0.05, 0) is 69.2 Å². The topological polar surface area (TPSA) is 55.1 Å². The molecule has 0 spiro atoms. The van der Waals surface area contributed by atoms with Crippen molar-refractivity contribution in [1.29, 1.82) is 0 Å². The first-order valence-electron chi connectivity index (χ1n) is 7.66. The van der Waals surface area contributed by atoms with E-state index in [9.17, 15) is 4.79 Å². The lowest BCUT2D eigenvalue weighted by atomic mass is 9.80. The van der Waals surface area contributed by atoms with Gasteiger partial charge in [0, 0.05) is 12.5 Å². The van der Waals surface area contributed by atoms with Gasteiger partial charge < -0.3 is 11.1 Å². The highest BCUT2D eigenvalue weighted by Crippen LogP contribution is 2.30. The molecule has 0 bridgehead atoms. The van der Waals surface area contributed by atoms with E-state index in [0.717, 1.165) is 18.9 Å². The summed E-state index contributed by atoms with van der Waals surface area (Å²) in [5.41, 5.74) is 5.69. The summed E-state index contributed by atoms with van der Waals surface area (Å²) in [4.78, 5) is 12.0. The lowest BCUT2D eigenvalue weighted by molar-refractivity contribution is -0.123. The zero-order valence-electron chi connectivity index (χ0n) is 11.7. The molecule has 104 valence electrons. The molecule has 0 saturated heterocycles. The summed E-state index contributed by atoms with van der Waals surface area (Å²) < 4.78 is 0. The van der Waals surface area contributed by atoms with Crippen LogP contribution in [0.5, 0.6) is 0 Å². The molecule has 0 aromatic rings. The van der Waals surface area contributed by atoms with Gasteiger partial charge in [0.15, 0.2) is 0 Å². The van der Waals surface area contributed by atoms with Gasteiger partial charge in [0.25, 0.3) is 0 Å². The zero-order chi connectivity index (χ0) is 13.0. The fraction of sp³-hybridized carbons (Fsp3) is 0.933.